The SMILES string of the molecule is CCOC(=O)COc1c(N2CCC(O)C2)cc(C(=O)CN2Cc3cc(OCC)c(OCC)c(F)c3C2=N)cc1C(C)(C)C. The minimum atomic E-state index is -0.671. The summed E-state index contributed by atoms with van der Waals surface area (Å²) < 4.78 is 37.8. The summed E-state index contributed by atoms with van der Waals surface area (Å²) in [4.78, 5) is 29.5. The summed E-state index contributed by atoms with van der Waals surface area (Å²) in [5.74, 6) is -0.847. The molecule has 234 valence electrons. The number of β-amino-alcohol motifs (C(OH)–C–C–N with tert-alkyl or cyclic N) is 1. The summed E-state index contributed by atoms with van der Waals surface area (Å²) in [7, 11) is 0. The molecule has 2 aromatic carbocycles. The van der Waals surface area contributed by atoms with E-state index in [9.17, 15) is 14.7 Å². The highest BCUT2D eigenvalue weighted by atomic mass is 19.1. The van der Waals surface area contributed by atoms with Gasteiger partial charge in [-0.25, -0.2) is 9.18 Å². The van der Waals surface area contributed by atoms with E-state index in [0.717, 1.165) is 0 Å². The van der Waals surface area contributed by atoms with Gasteiger partial charge in [-0.15, -0.1) is 0 Å². The van der Waals surface area contributed by atoms with Crippen molar-refractivity contribution < 1.29 is 38.0 Å². The van der Waals surface area contributed by atoms with Crippen LogP contribution in [0.4, 0.5) is 10.1 Å². The van der Waals surface area contributed by atoms with Crippen LogP contribution in [0.2, 0.25) is 0 Å². The topological polar surface area (TPSA) is 122 Å². The van der Waals surface area contributed by atoms with Gasteiger partial charge in [0.15, 0.2) is 29.7 Å². The number of aliphatic hydroxyl groups is 1. The molecule has 1 fully saturated rings. The second-order valence-electron chi connectivity index (χ2n) is 11.7. The fraction of sp³-hybridized carbons (Fsp3) is 0.531. The van der Waals surface area contributed by atoms with E-state index in [2.05, 4.69) is 0 Å². The van der Waals surface area contributed by atoms with Crippen molar-refractivity contribution in [3.8, 4) is 17.2 Å². The molecule has 2 aromatic rings. The number of aliphatic hydroxyl groups excluding tert-OH is 1. The van der Waals surface area contributed by atoms with E-state index >= 15 is 4.39 Å². The third-order valence-corrected chi connectivity index (χ3v) is 7.45. The number of fused-ring (bicyclic) bond motifs is 1. The molecule has 0 aromatic heterocycles. The summed E-state index contributed by atoms with van der Waals surface area (Å²) in [6, 6.07) is 5.15. The fourth-order valence-corrected chi connectivity index (χ4v) is 5.44. The minimum Gasteiger partial charge on any atom is -0.490 e. The molecule has 2 aliphatic rings. The molecule has 1 unspecified atom stereocenters. The number of ketones is 1. The Balaban J connectivity index is 1.68. The number of Topliss-reactive ketones (excluding diaryl/α,β-unsaturated/α-hetero) is 1. The zero-order valence-corrected chi connectivity index (χ0v) is 25.8. The van der Waals surface area contributed by atoms with Gasteiger partial charge < -0.3 is 33.9 Å². The van der Waals surface area contributed by atoms with E-state index in [4.69, 9.17) is 24.4 Å². The molecule has 11 heteroatoms. The number of esters is 1. The maximum absolute atomic E-state index is 15.6. The van der Waals surface area contributed by atoms with Crippen molar-refractivity contribution >= 4 is 23.3 Å². The van der Waals surface area contributed by atoms with Gasteiger partial charge >= 0.3 is 5.97 Å². The van der Waals surface area contributed by atoms with Crippen LogP contribution in [0, 0.1) is 11.2 Å². The molecule has 0 aliphatic carbocycles. The highest BCUT2D eigenvalue weighted by Crippen LogP contribution is 2.42. The molecule has 1 saturated heterocycles. The third kappa shape index (κ3) is 6.87. The maximum Gasteiger partial charge on any atom is 0.344 e. The van der Waals surface area contributed by atoms with E-state index in [1.54, 1.807) is 39.0 Å². The first-order valence-electron chi connectivity index (χ1n) is 14.8. The predicted molar refractivity (Wildman–Crippen MR) is 160 cm³/mol. The molecule has 1 atom stereocenters. The number of hydrogen-bond acceptors (Lipinski definition) is 9. The smallest absolute Gasteiger partial charge is 0.344 e. The molecule has 0 saturated carbocycles. The van der Waals surface area contributed by atoms with Crippen LogP contribution in [0.25, 0.3) is 0 Å². The lowest BCUT2D eigenvalue weighted by Gasteiger charge is -2.29. The number of halogens is 1. The molecule has 0 bridgehead atoms. The first-order chi connectivity index (χ1) is 20.4. The molecule has 4 rings (SSSR count). The second kappa shape index (κ2) is 13.2. The predicted octanol–water partition coefficient (Wildman–Crippen LogP) is 4.46. The standard InChI is InChI=1S/C32H42FN3O7/c1-7-40-25-14-20-15-36(31(34)27(20)28(33)30(25)42-9-3)17-24(38)19-12-22(32(4,5)6)29(43-18-26(39)41-8-2)23(13-19)35-11-10-21(37)16-35/h12-14,21,34,37H,7-11,15-18H2,1-6H3. The van der Waals surface area contributed by atoms with Crippen molar-refractivity contribution in [1.29, 1.82) is 5.41 Å². The van der Waals surface area contributed by atoms with Gasteiger partial charge in [-0.2, -0.15) is 0 Å². The third-order valence-electron chi connectivity index (χ3n) is 7.45. The van der Waals surface area contributed by atoms with Crippen molar-refractivity contribution in [2.24, 2.45) is 0 Å². The molecule has 0 spiro atoms. The monoisotopic (exact) mass is 599 g/mol. The van der Waals surface area contributed by atoms with Crippen molar-refractivity contribution in [3.05, 3.63) is 46.3 Å². The van der Waals surface area contributed by atoms with Gasteiger partial charge in [0.2, 0.25) is 0 Å². The number of carbonyl (C=O) groups is 2. The largest absolute Gasteiger partial charge is 0.490 e. The first-order valence-corrected chi connectivity index (χ1v) is 14.8. The van der Waals surface area contributed by atoms with Crippen LogP contribution in [0.5, 0.6) is 17.2 Å². The Hall–Kier alpha value is -3.86. The van der Waals surface area contributed by atoms with Gasteiger partial charge in [-0.3, -0.25) is 10.2 Å². The van der Waals surface area contributed by atoms with Crippen molar-refractivity contribution in [2.75, 3.05) is 51.0 Å². The molecule has 43 heavy (non-hydrogen) atoms. The van der Waals surface area contributed by atoms with Crippen molar-refractivity contribution in [1.82, 2.24) is 4.90 Å². The average molecular weight is 600 g/mol. The summed E-state index contributed by atoms with van der Waals surface area (Å²) in [6.45, 7) is 12.6. The van der Waals surface area contributed by atoms with E-state index in [0.29, 0.717) is 54.2 Å². The lowest BCUT2D eigenvalue weighted by Crippen LogP contribution is -2.31. The lowest BCUT2D eigenvalue weighted by atomic mass is 9.84. The molecule has 10 nitrogen and oxygen atoms in total. The van der Waals surface area contributed by atoms with Gasteiger partial charge in [-0.1, -0.05) is 20.8 Å². The van der Waals surface area contributed by atoms with E-state index < -0.39 is 23.3 Å². The zero-order valence-electron chi connectivity index (χ0n) is 25.8. The Morgan fingerprint density at radius 2 is 1.77 bits per heavy atom. The summed E-state index contributed by atoms with van der Waals surface area (Å²) in [5, 5.41) is 19.0. The van der Waals surface area contributed by atoms with Gasteiger partial charge in [0.25, 0.3) is 0 Å². The molecule has 0 radical (unpaired) electrons. The Bertz CT molecular complexity index is 1390. The zero-order chi connectivity index (χ0) is 31.5. The number of amidine groups is 1. The number of benzene rings is 2. The molecule has 2 aliphatic heterocycles. The second-order valence-corrected chi connectivity index (χ2v) is 11.7. The van der Waals surface area contributed by atoms with E-state index in [1.807, 2.05) is 25.7 Å². The van der Waals surface area contributed by atoms with Gasteiger partial charge in [0.1, 0.15) is 11.6 Å². The number of anilines is 1. The number of hydrogen-bond donors (Lipinski definition) is 2. The minimum absolute atomic E-state index is 0.0355. The van der Waals surface area contributed by atoms with Crippen molar-refractivity contribution in [2.45, 2.75) is 66.0 Å². The van der Waals surface area contributed by atoms with Crippen LogP contribution in [0.1, 0.15) is 75.0 Å². The molecule has 2 N–H and O–H groups in total. The Kier molecular flexibility index (Phi) is 9.84. The number of ether oxygens (including phenoxy) is 4. The summed E-state index contributed by atoms with van der Waals surface area (Å²) >= 11 is 0. The fourth-order valence-electron chi connectivity index (χ4n) is 5.44. The Morgan fingerprint density at radius 3 is 2.37 bits per heavy atom. The molecular weight excluding hydrogens is 557 g/mol. The van der Waals surface area contributed by atoms with Gasteiger partial charge in [0, 0.05) is 30.8 Å². The van der Waals surface area contributed by atoms with Crippen LogP contribution in [0.15, 0.2) is 18.2 Å². The number of rotatable bonds is 12. The quantitative estimate of drug-likeness (QED) is 0.269. The number of carbonyl (C=O) groups excluding carboxylic acids is 2. The van der Waals surface area contributed by atoms with Crippen LogP contribution in [0.3, 0.4) is 0 Å². The lowest BCUT2D eigenvalue weighted by molar-refractivity contribution is -0.145. The maximum atomic E-state index is 15.6. The summed E-state index contributed by atoms with van der Waals surface area (Å²) in [6.07, 6.45) is 0.0275. The number of nitrogens with zero attached hydrogens (tertiary/aromatic N) is 2. The first kappa shape index (κ1) is 32.1. The van der Waals surface area contributed by atoms with Crippen molar-refractivity contribution in [3.63, 3.8) is 0 Å². The Labute approximate surface area is 252 Å². The van der Waals surface area contributed by atoms with Gasteiger partial charge in [-0.05, 0) is 56.4 Å². The highest BCUT2D eigenvalue weighted by Gasteiger charge is 2.34. The normalized spacial score (nSPS) is 16.4. The van der Waals surface area contributed by atoms with Crippen LogP contribution < -0.4 is 19.1 Å². The van der Waals surface area contributed by atoms with Gasteiger partial charge in [0.05, 0.1) is 43.7 Å². The molecular formula is C32H42FN3O7. The average Bonchev–Trinajstić information content (AvgIpc) is 3.51. The summed E-state index contributed by atoms with van der Waals surface area (Å²) in [5.41, 5.74) is 1.88. The Morgan fingerprint density at radius 1 is 1.05 bits per heavy atom. The van der Waals surface area contributed by atoms with E-state index in [1.165, 1.54) is 4.90 Å². The molecule has 0 amide bonds. The van der Waals surface area contributed by atoms with Crippen LogP contribution >= 0.6 is 0 Å². The van der Waals surface area contributed by atoms with E-state index in [-0.39, 0.29) is 61.6 Å². The highest BCUT2D eigenvalue weighted by molar-refractivity contribution is 6.06. The van der Waals surface area contributed by atoms with Crippen LogP contribution in [-0.4, -0.2) is 79.8 Å². The van der Waals surface area contributed by atoms with Crippen LogP contribution in [-0.2, 0) is 21.5 Å². The molecule has 2 heterocycles. The number of nitrogens with one attached hydrogen (secondary N) is 1.